The van der Waals surface area contributed by atoms with Crippen LogP contribution in [-0.2, 0) is 14.3 Å². The molecule has 0 bridgehead atoms. The molecule has 0 atom stereocenters. The molecule has 1 aromatic heterocycles. The molecule has 0 aliphatic carbocycles. The second-order valence-corrected chi connectivity index (χ2v) is 8.89. The summed E-state index contributed by atoms with van der Waals surface area (Å²) >= 11 is 1.46. The molecule has 0 unspecified atom stereocenters. The van der Waals surface area contributed by atoms with Crippen LogP contribution in [0.1, 0.15) is 9.75 Å². The third-order valence-electron chi connectivity index (χ3n) is 5.41. The zero-order valence-electron chi connectivity index (χ0n) is 18.3. The number of hydrogen-bond acceptors (Lipinski definition) is 6. The third-order valence-corrected chi connectivity index (χ3v) is 6.41. The fourth-order valence-corrected chi connectivity index (χ4v) is 4.61. The van der Waals surface area contributed by atoms with Crippen LogP contribution in [0.3, 0.4) is 0 Å². The number of rotatable bonds is 5. The Hall–Kier alpha value is -3.88. The van der Waals surface area contributed by atoms with Crippen LogP contribution in [0.25, 0.3) is 12.2 Å². The van der Waals surface area contributed by atoms with Gasteiger partial charge < -0.3 is 25.0 Å². The number of morpholine rings is 1. The van der Waals surface area contributed by atoms with Gasteiger partial charge in [-0.25, -0.2) is 0 Å². The fraction of sp³-hybridized carbons (Fsp3) is 0.154. The average Bonchev–Trinajstić information content (AvgIpc) is 3.31. The molecule has 34 heavy (non-hydrogen) atoms. The van der Waals surface area contributed by atoms with Crippen molar-refractivity contribution in [3.05, 3.63) is 82.3 Å². The number of hydrogen-bond donors (Lipinski definition) is 2. The number of benzene rings is 2. The highest BCUT2D eigenvalue weighted by Crippen LogP contribution is 2.32. The van der Waals surface area contributed by atoms with E-state index in [1.807, 2.05) is 48.5 Å². The molecule has 0 saturated carbocycles. The highest BCUT2D eigenvalue weighted by molar-refractivity contribution is 7.13. The monoisotopic (exact) mass is 473 g/mol. The number of nitrogens with zero attached hydrogens (tertiary/aromatic N) is 1. The maximum atomic E-state index is 12.6. The molecule has 0 spiro atoms. The Morgan fingerprint density at radius 3 is 2.65 bits per heavy atom. The molecule has 2 aromatic carbocycles. The Balaban J connectivity index is 1.24. The second-order valence-electron chi connectivity index (χ2n) is 7.74. The number of nitrogens with one attached hydrogen (secondary N) is 2. The minimum Gasteiger partial charge on any atom is -0.449 e. The Morgan fingerprint density at radius 1 is 1.00 bits per heavy atom. The molecule has 3 heterocycles. The van der Waals surface area contributed by atoms with Gasteiger partial charge in [-0.05, 0) is 42.5 Å². The summed E-state index contributed by atoms with van der Waals surface area (Å²) in [6.07, 6.45) is 4.97. The highest BCUT2D eigenvalue weighted by atomic mass is 32.1. The van der Waals surface area contributed by atoms with E-state index in [1.165, 1.54) is 17.4 Å². The average molecular weight is 474 g/mol. The first-order valence-electron chi connectivity index (χ1n) is 11.0. The van der Waals surface area contributed by atoms with Crippen molar-refractivity contribution in [2.24, 2.45) is 0 Å². The number of carbonyl (C=O) groups is 2. The number of anilines is 3. The van der Waals surface area contributed by atoms with Gasteiger partial charge >= 0.3 is 0 Å². The molecule has 7 nitrogen and oxygen atoms in total. The van der Waals surface area contributed by atoms with Crippen molar-refractivity contribution in [2.45, 2.75) is 0 Å². The maximum absolute atomic E-state index is 12.6. The summed E-state index contributed by atoms with van der Waals surface area (Å²) in [5.41, 5.74) is 2.42. The molecule has 3 aromatic rings. The van der Waals surface area contributed by atoms with Crippen molar-refractivity contribution in [3.63, 3.8) is 0 Å². The number of fused-ring (bicyclic) bond motifs is 1. The number of para-hydroxylation sites is 4. The minimum atomic E-state index is -0.289. The molecule has 1 saturated heterocycles. The summed E-state index contributed by atoms with van der Waals surface area (Å²) in [7, 11) is 0. The first kappa shape index (κ1) is 21.9. The quantitative estimate of drug-likeness (QED) is 0.529. The molecule has 2 N–H and O–H groups in total. The SMILES string of the molecule is O=C(/C=C/c1ccc(/C=C2/Oc3ccccc3NC2=O)s1)Nc1ccccc1N1CCOCC1. The summed E-state index contributed by atoms with van der Waals surface area (Å²) in [6.45, 7) is 2.95. The Morgan fingerprint density at radius 2 is 1.76 bits per heavy atom. The molecule has 1 fully saturated rings. The van der Waals surface area contributed by atoms with Gasteiger partial charge in [-0.2, -0.15) is 0 Å². The Bertz CT molecular complexity index is 1270. The van der Waals surface area contributed by atoms with Gasteiger partial charge in [0.2, 0.25) is 5.91 Å². The summed E-state index contributed by atoms with van der Waals surface area (Å²) in [5, 5.41) is 5.80. The van der Waals surface area contributed by atoms with E-state index in [0.29, 0.717) is 24.7 Å². The van der Waals surface area contributed by atoms with E-state index < -0.39 is 0 Å². The van der Waals surface area contributed by atoms with E-state index in [9.17, 15) is 9.59 Å². The molecule has 2 aliphatic rings. The van der Waals surface area contributed by atoms with E-state index in [1.54, 1.807) is 24.3 Å². The third kappa shape index (κ3) is 5.03. The maximum Gasteiger partial charge on any atom is 0.291 e. The number of amides is 2. The summed E-state index contributed by atoms with van der Waals surface area (Å²) in [6, 6.07) is 18.9. The summed E-state index contributed by atoms with van der Waals surface area (Å²) in [4.78, 5) is 28.9. The van der Waals surface area contributed by atoms with Crippen molar-refractivity contribution >= 4 is 52.4 Å². The molecular weight excluding hydrogens is 450 g/mol. The van der Waals surface area contributed by atoms with Gasteiger partial charge in [0.25, 0.3) is 5.91 Å². The van der Waals surface area contributed by atoms with Crippen molar-refractivity contribution in [3.8, 4) is 5.75 Å². The predicted molar refractivity (Wildman–Crippen MR) is 135 cm³/mol. The van der Waals surface area contributed by atoms with E-state index in [4.69, 9.17) is 9.47 Å². The Labute approximate surface area is 201 Å². The van der Waals surface area contributed by atoms with Crippen LogP contribution in [0.2, 0.25) is 0 Å². The first-order chi connectivity index (χ1) is 16.7. The molecule has 0 radical (unpaired) electrons. The fourth-order valence-electron chi connectivity index (χ4n) is 3.76. The molecule has 2 amide bonds. The highest BCUT2D eigenvalue weighted by Gasteiger charge is 2.21. The van der Waals surface area contributed by atoms with Crippen LogP contribution in [0.5, 0.6) is 5.75 Å². The zero-order chi connectivity index (χ0) is 23.3. The molecule has 8 heteroatoms. The van der Waals surface area contributed by atoms with Crippen LogP contribution in [-0.4, -0.2) is 38.1 Å². The van der Waals surface area contributed by atoms with Crippen LogP contribution in [0.15, 0.2) is 72.5 Å². The van der Waals surface area contributed by atoms with E-state index in [-0.39, 0.29) is 17.6 Å². The molecule has 172 valence electrons. The van der Waals surface area contributed by atoms with E-state index in [2.05, 4.69) is 15.5 Å². The standard InChI is InChI=1S/C26H23N3O4S/c30-25(27-20-5-1-3-7-22(20)29-13-15-32-16-14-29)12-11-18-9-10-19(34-18)17-24-26(31)28-21-6-2-4-8-23(21)33-24/h1-12,17H,13-16H2,(H,27,30)(H,28,31)/b12-11+,24-17+. The lowest BCUT2D eigenvalue weighted by molar-refractivity contribution is -0.115. The smallest absolute Gasteiger partial charge is 0.291 e. The van der Waals surface area contributed by atoms with Gasteiger partial charge in [0, 0.05) is 35.0 Å². The van der Waals surface area contributed by atoms with Gasteiger partial charge in [0.1, 0.15) is 0 Å². The molecular formula is C26H23N3O4S. The van der Waals surface area contributed by atoms with Gasteiger partial charge in [-0.1, -0.05) is 24.3 Å². The van der Waals surface area contributed by atoms with Gasteiger partial charge in [0.05, 0.1) is 30.3 Å². The van der Waals surface area contributed by atoms with Crippen molar-refractivity contribution in [1.82, 2.24) is 0 Å². The topological polar surface area (TPSA) is 79.9 Å². The molecule has 2 aliphatic heterocycles. The van der Waals surface area contributed by atoms with Gasteiger partial charge in [0.15, 0.2) is 11.5 Å². The molecule has 5 rings (SSSR count). The van der Waals surface area contributed by atoms with Crippen molar-refractivity contribution in [1.29, 1.82) is 0 Å². The second kappa shape index (κ2) is 9.94. The van der Waals surface area contributed by atoms with Crippen molar-refractivity contribution < 1.29 is 19.1 Å². The van der Waals surface area contributed by atoms with Crippen LogP contribution >= 0.6 is 11.3 Å². The van der Waals surface area contributed by atoms with Crippen LogP contribution in [0.4, 0.5) is 17.1 Å². The zero-order valence-corrected chi connectivity index (χ0v) is 19.1. The summed E-state index contributed by atoms with van der Waals surface area (Å²) < 4.78 is 11.2. The lowest BCUT2D eigenvalue weighted by atomic mass is 10.2. The lowest BCUT2D eigenvalue weighted by Gasteiger charge is -2.30. The lowest BCUT2D eigenvalue weighted by Crippen LogP contribution is -2.36. The minimum absolute atomic E-state index is 0.208. The van der Waals surface area contributed by atoms with E-state index in [0.717, 1.165) is 34.2 Å². The van der Waals surface area contributed by atoms with Gasteiger partial charge in [-0.15, -0.1) is 11.3 Å². The summed E-state index contributed by atoms with van der Waals surface area (Å²) in [5.74, 6) is 0.343. The number of thiophene rings is 1. The Kier molecular flexibility index (Phi) is 6.42. The first-order valence-corrected chi connectivity index (χ1v) is 11.8. The number of carbonyl (C=O) groups excluding carboxylic acids is 2. The van der Waals surface area contributed by atoms with Crippen molar-refractivity contribution in [2.75, 3.05) is 41.8 Å². The number of ether oxygens (including phenoxy) is 2. The van der Waals surface area contributed by atoms with Crippen LogP contribution in [0, 0.1) is 0 Å². The van der Waals surface area contributed by atoms with Crippen LogP contribution < -0.4 is 20.3 Å². The largest absolute Gasteiger partial charge is 0.449 e. The van der Waals surface area contributed by atoms with Gasteiger partial charge in [-0.3, -0.25) is 9.59 Å². The predicted octanol–water partition coefficient (Wildman–Crippen LogP) is 4.61. The van der Waals surface area contributed by atoms with E-state index >= 15 is 0 Å². The normalized spacial score (nSPS) is 16.8.